The molecule has 0 aliphatic rings. The van der Waals surface area contributed by atoms with Crippen molar-refractivity contribution in [2.45, 2.75) is 197 Å². The van der Waals surface area contributed by atoms with E-state index in [0.29, 0.717) is 37.9 Å². The van der Waals surface area contributed by atoms with Gasteiger partial charge in [0.1, 0.15) is 0 Å². The third kappa shape index (κ3) is 33.9. The molecule has 5 nitrogen and oxygen atoms in total. The van der Waals surface area contributed by atoms with E-state index in [2.05, 4.69) is 74.4 Å². The van der Waals surface area contributed by atoms with Crippen molar-refractivity contribution in [3.05, 3.63) is 0 Å². The van der Waals surface area contributed by atoms with Gasteiger partial charge in [0.25, 0.3) is 0 Å². The molecule has 0 aliphatic carbocycles. The summed E-state index contributed by atoms with van der Waals surface area (Å²) in [7, 11) is 4.48. The SMILES string of the molecule is CC(C)CCC(CCCOC(=O)CCCCCCCP(CCCCCCCC(=O)OCCCC(CCC(C)C)C(C)C)CCCCN(C)C)C(C)C. The monoisotopic (exact) mass is 754 g/mol. The van der Waals surface area contributed by atoms with Crippen molar-refractivity contribution in [2.24, 2.45) is 35.5 Å². The molecule has 0 heterocycles. The van der Waals surface area contributed by atoms with Gasteiger partial charge in [-0.25, -0.2) is 0 Å². The number of unbranched alkanes of at least 4 members (excludes halogenated alkanes) is 9. The van der Waals surface area contributed by atoms with Crippen molar-refractivity contribution in [2.75, 3.05) is 52.3 Å². The Balaban J connectivity index is 4.10. The molecule has 0 saturated heterocycles. The highest BCUT2D eigenvalue weighted by Gasteiger charge is 2.16. The third-order valence-corrected chi connectivity index (χ3v) is 14.0. The second-order valence-corrected chi connectivity index (χ2v) is 20.7. The smallest absolute Gasteiger partial charge is 0.305 e. The van der Waals surface area contributed by atoms with E-state index in [0.717, 1.165) is 62.2 Å². The van der Waals surface area contributed by atoms with Crippen LogP contribution in [0.2, 0.25) is 0 Å². The van der Waals surface area contributed by atoms with Crippen LogP contribution in [-0.2, 0) is 19.1 Å². The first-order valence-corrected chi connectivity index (χ1v) is 24.4. The van der Waals surface area contributed by atoms with Gasteiger partial charge in [-0.2, -0.15) is 0 Å². The minimum Gasteiger partial charge on any atom is -0.466 e. The van der Waals surface area contributed by atoms with Crippen molar-refractivity contribution in [3.8, 4) is 0 Å². The molecule has 310 valence electrons. The number of rotatable bonds is 37. The van der Waals surface area contributed by atoms with Crippen LogP contribution in [-0.4, -0.2) is 69.2 Å². The average molecular weight is 754 g/mol. The second-order valence-electron chi connectivity index (χ2n) is 18.1. The van der Waals surface area contributed by atoms with Crippen molar-refractivity contribution in [1.82, 2.24) is 4.90 Å². The van der Waals surface area contributed by atoms with E-state index >= 15 is 0 Å². The van der Waals surface area contributed by atoms with Crippen LogP contribution in [0.4, 0.5) is 0 Å². The zero-order chi connectivity index (χ0) is 39.0. The van der Waals surface area contributed by atoms with Crippen LogP contribution in [0.3, 0.4) is 0 Å². The molecule has 0 fully saturated rings. The highest BCUT2D eigenvalue weighted by atomic mass is 31.1. The Kier molecular flexibility index (Phi) is 34.3. The lowest BCUT2D eigenvalue weighted by Crippen LogP contribution is -2.13. The zero-order valence-corrected chi connectivity index (χ0v) is 37.7. The minimum atomic E-state index is 0.00232. The van der Waals surface area contributed by atoms with Crippen LogP contribution in [0.5, 0.6) is 0 Å². The molecule has 2 atom stereocenters. The fourth-order valence-corrected chi connectivity index (χ4v) is 9.98. The van der Waals surface area contributed by atoms with Gasteiger partial charge < -0.3 is 14.4 Å². The predicted molar refractivity (Wildman–Crippen MR) is 230 cm³/mol. The van der Waals surface area contributed by atoms with Crippen LogP contribution >= 0.6 is 7.92 Å². The van der Waals surface area contributed by atoms with Crippen LogP contribution in [0.1, 0.15) is 197 Å². The number of ether oxygens (including phenoxy) is 2. The van der Waals surface area contributed by atoms with Crippen molar-refractivity contribution >= 4 is 19.9 Å². The summed E-state index contributed by atoms with van der Waals surface area (Å²) < 4.78 is 11.2. The quantitative estimate of drug-likeness (QED) is 0.0359. The van der Waals surface area contributed by atoms with E-state index in [9.17, 15) is 9.59 Å². The maximum atomic E-state index is 12.3. The average Bonchev–Trinajstić information content (AvgIpc) is 3.07. The molecule has 0 bridgehead atoms. The molecule has 0 aromatic rings. The lowest BCUT2D eigenvalue weighted by atomic mass is 9.85. The molecule has 0 spiro atoms. The topological polar surface area (TPSA) is 55.8 Å². The Hall–Kier alpha value is -0.670. The lowest BCUT2D eigenvalue weighted by molar-refractivity contribution is -0.144. The van der Waals surface area contributed by atoms with Gasteiger partial charge in [0.05, 0.1) is 13.2 Å². The van der Waals surface area contributed by atoms with Gasteiger partial charge in [0, 0.05) is 12.8 Å². The Morgan fingerprint density at radius 2 is 0.827 bits per heavy atom. The molecule has 52 heavy (non-hydrogen) atoms. The van der Waals surface area contributed by atoms with E-state index in [-0.39, 0.29) is 19.9 Å². The molecule has 0 radical (unpaired) electrons. The number of carbonyl (C=O) groups excluding carboxylic acids is 2. The van der Waals surface area contributed by atoms with Gasteiger partial charge in [-0.3, -0.25) is 9.59 Å². The Morgan fingerprint density at radius 3 is 1.19 bits per heavy atom. The zero-order valence-electron chi connectivity index (χ0n) is 36.8. The normalized spacial score (nSPS) is 13.8. The maximum absolute atomic E-state index is 12.3. The Labute approximate surface area is 327 Å². The number of hydrogen-bond acceptors (Lipinski definition) is 5. The minimum absolute atomic E-state index is 0.00232. The van der Waals surface area contributed by atoms with Crippen LogP contribution in [0.25, 0.3) is 0 Å². The Morgan fingerprint density at radius 1 is 0.462 bits per heavy atom. The summed E-state index contributed by atoms with van der Waals surface area (Å²) in [5.74, 6) is 4.43. The molecule has 0 N–H and O–H groups in total. The number of nitrogens with zero attached hydrogens (tertiary/aromatic N) is 1. The Bertz CT molecular complexity index is 756. The first kappa shape index (κ1) is 51.3. The number of esters is 2. The molecule has 0 rings (SSSR count). The predicted octanol–water partition coefficient (Wildman–Crippen LogP) is 13.6. The summed E-state index contributed by atoms with van der Waals surface area (Å²) >= 11 is 0. The van der Waals surface area contributed by atoms with Gasteiger partial charge in [-0.05, 0) is 152 Å². The molecule has 0 amide bonds. The molecule has 0 aliphatic heterocycles. The maximum Gasteiger partial charge on any atom is 0.305 e. The number of hydrogen-bond donors (Lipinski definition) is 0. The standard InChI is InChI=1S/C46H92NO4P/c1-39(2)29-31-43(41(5)6)25-23-34-50-45(48)27-17-13-11-15-20-36-52(38-22-19-33-47(9)10)37-21-16-12-14-18-28-46(49)51-35-24-26-44(42(7)8)32-30-40(3)4/h39-44H,11-38H2,1-10H3. The molecule has 2 unspecified atom stereocenters. The largest absolute Gasteiger partial charge is 0.466 e. The van der Waals surface area contributed by atoms with Crippen LogP contribution in [0, 0.1) is 35.5 Å². The summed E-state index contributed by atoms with van der Waals surface area (Å²) in [6.45, 7) is 20.9. The van der Waals surface area contributed by atoms with Gasteiger partial charge >= 0.3 is 11.9 Å². The van der Waals surface area contributed by atoms with Gasteiger partial charge in [-0.1, -0.05) is 107 Å². The first-order chi connectivity index (χ1) is 24.8. The molecule has 0 aromatic carbocycles. The van der Waals surface area contributed by atoms with Crippen molar-refractivity contribution < 1.29 is 19.1 Å². The fraction of sp³-hybridized carbons (Fsp3) is 0.957. The van der Waals surface area contributed by atoms with Gasteiger partial charge in [-0.15, -0.1) is 7.92 Å². The summed E-state index contributed by atoms with van der Waals surface area (Å²) in [6, 6.07) is 0. The summed E-state index contributed by atoms with van der Waals surface area (Å²) in [5.41, 5.74) is 0. The number of carbonyl (C=O) groups is 2. The summed E-state index contributed by atoms with van der Waals surface area (Å²) in [4.78, 5) is 26.8. The first-order valence-electron chi connectivity index (χ1n) is 22.5. The van der Waals surface area contributed by atoms with E-state index in [4.69, 9.17) is 9.47 Å². The van der Waals surface area contributed by atoms with E-state index in [1.54, 1.807) is 0 Å². The molecular weight excluding hydrogens is 661 g/mol. The van der Waals surface area contributed by atoms with Crippen molar-refractivity contribution in [3.63, 3.8) is 0 Å². The fourth-order valence-electron chi connectivity index (χ4n) is 7.29. The third-order valence-electron chi connectivity index (χ3n) is 11.1. The van der Waals surface area contributed by atoms with Crippen LogP contribution in [0.15, 0.2) is 0 Å². The summed E-state index contributed by atoms with van der Waals surface area (Å²) in [6.07, 6.45) is 29.6. The molecule has 6 heteroatoms. The molecule has 0 aromatic heterocycles. The van der Waals surface area contributed by atoms with E-state index in [1.165, 1.54) is 115 Å². The second kappa shape index (κ2) is 34.8. The van der Waals surface area contributed by atoms with Gasteiger partial charge in [0.15, 0.2) is 0 Å². The van der Waals surface area contributed by atoms with Gasteiger partial charge in [0.2, 0.25) is 0 Å². The summed E-state index contributed by atoms with van der Waals surface area (Å²) in [5, 5.41) is 0. The van der Waals surface area contributed by atoms with Crippen LogP contribution < -0.4 is 0 Å². The lowest BCUT2D eigenvalue weighted by Gasteiger charge is -2.21. The molecule has 0 saturated carbocycles. The highest BCUT2D eigenvalue weighted by molar-refractivity contribution is 7.57. The van der Waals surface area contributed by atoms with Crippen molar-refractivity contribution in [1.29, 1.82) is 0 Å². The van der Waals surface area contributed by atoms with E-state index in [1.807, 2.05) is 0 Å². The van der Waals surface area contributed by atoms with E-state index < -0.39 is 0 Å². The highest BCUT2D eigenvalue weighted by Crippen LogP contribution is 2.39. The molecular formula is C46H92NO4P.